The highest BCUT2D eigenvalue weighted by molar-refractivity contribution is 5.69. The molecule has 19 heavy (non-hydrogen) atoms. The minimum Gasteiger partial charge on any atom is -0.444 e. The van der Waals surface area contributed by atoms with Gasteiger partial charge in [-0.1, -0.05) is 6.07 Å². The van der Waals surface area contributed by atoms with Crippen LogP contribution in [0.25, 0.3) is 0 Å². The second kappa shape index (κ2) is 4.79. The van der Waals surface area contributed by atoms with Crippen LogP contribution in [0.2, 0.25) is 0 Å². The number of carbonyl (C=O) groups is 1. The third-order valence-electron chi connectivity index (χ3n) is 2.85. The van der Waals surface area contributed by atoms with Gasteiger partial charge < -0.3 is 10.1 Å². The minimum atomic E-state index is -0.599. The molecule has 0 aliphatic heterocycles. The first-order chi connectivity index (χ1) is 8.76. The predicted molar refractivity (Wildman–Crippen MR) is 66.9 cm³/mol. The standard InChI is InChI=1S/C14H17F2NO2/c1-14(2,3)19-13(18)17-12-7-10(12)9-5-4-8(15)6-11(9)16/h4-6,10,12H,7H2,1-3H3,(H,17,18). The van der Waals surface area contributed by atoms with Crippen molar-refractivity contribution in [3.05, 3.63) is 35.4 Å². The molecule has 2 rings (SSSR count). The monoisotopic (exact) mass is 269 g/mol. The van der Waals surface area contributed by atoms with Gasteiger partial charge in [0.15, 0.2) is 0 Å². The first kappa shape index (κ1) is 13.8. The SMILES string of the molecule is CC(C)(C)OC(=O)NC1CC1c1ccc(F)cc1F. The number of alkyl carbamates (subject to hydrolysis) is 1. The van der Waals surface area contributed by atoms with Crippen LogP contribution in [0.5, 0.6) is 0 Å². The molecule has 0 spiro atoms. The number of halogens is 2. The van der Waals surface area contributed by atoms with Crippen LogP contribution in [-0.4, -0.2) is 17.7 Å². The van der Waals surface area contributed by atoms with Crippen molar-refractivity contribution in [2.75, 3.05) is 0 Å². The van der Waals surface area contributed by atoms with Crippen molar-refractivity contribution >= 4 is 6.09 Å². The molecule has 1 aliphatic rings. The van der Waals surface area contributed by atoms with E-state index in [0.717, 1.165) is 6.07 Å². The normalized spacial score (nSPS) is 21.9. The zero-order valence-electron chi connectivity index (χ0n) is 11.2. The van der Waals surface area contributed by atoms with Gasteiger partial charge in [-0.3, -0.25) is 0 Å². The Morgan fingerprint density at radius 3 is 2.63 bits per heavy atom. The molecule has 1 aromatic carbocycles. The number of rotatable bonds is 2. The molecule has 2 unspecified atom stereocenters. The smallest absolute Gasteiger partial charge is 0.407 e. The molecule has 0 aromatic heterocycles. The van der Waals surface area contributed by atoms with Gasteiger partial charge in [-0.2, -0.15) is 0 Å². The average Bonchev–Trinajstić information content (AvgIpc) is 2.93. The van der Waals surface area contributed by atoms with Crippen LogP contribution in [0.1, 0.15) is 38.7 Å². The summed E-state index contributed by atoms with van der Waals surface area (Å²) in [6, 6.07) is 3.36. The molecule has 0 bridgehead atoms. The molecular formula is C14H17F2NO2. The third kappa shape index (κ3) is 3.66. The fourth-order valence-corrected chi connectivity index (χ4v) is 1.96. The number of hydrogen-bond donors (Lipinski definition) is 1. The van der Waals surface area contributed by atoms with E-state index in [2.05, 4.69) is 5.32 Å². The van der Waals surface area contributed by atoms with E-state index >= 15 is 0 Å². The number of amides is 1. The van der Waals surface area contributed by atoms with Crippen LogP contribution in [-0.2, 0) is 4.74 Å². The van der Waals surface area contributed by atoms with E-state index in [1.807, 2.05) is 0 Å². The molecular weight excluding hydrogens is 252 g/mol. The lowest BCUT2D eigenvalue weighted by Gasteiger charge is -2.19. The lowest BCUT2D eigenvalue weighted by Crippen LogP contribution is -2.34. The molecule has 0 saturated heterocycles. The Labute approximate surface area is 111 Å². The lowest BCUT2D eigenvalue weighted by atomic mass is 10.1. The van der Waals surface area contributed by atoms with Crippen molar-refractivity contribution in [2.24, 2.45) is 0 Å². The van der Waals surface area contributed by atoms with E-state index in [1.165, 1.54) is 12.1 Å². The van der Waals surface area contributed by atoms with Crippen molar-refractivity contribution in [3.8, 4) is 0 Å². The van der Waals surface area contributed by atoms with Crippen molar-refractivity contribution in [1.82, 2.24) is 5.32 Å². The van der Waals surface area contributed by atoms with E-state index in [-0.39, 0.29) is 12.0 Å². The Morgan fingerprint density at radius 2 is 2.05 bits per heavy atom. The van der Waals surface area contributed by atoms with Crippen LogP contribution in [0.15, 0.2) is 18.2 Å². The maximum absolute atomic E-state index is 13.5. The highest BCUT2D eigenvalue weighted by atomic mass is 19.1. The molecule has 2 atom stereocenters. The summed E-state index contributed by atoms with van der Waals surface area (Å²) >= 11 is 0. The van der Waals surface area contributed by atoms with E-state index < -0.39 is 23.3 Å². The number of carbonyl (C=O) groups excluding carboxylic acids is 1. The Hall–Kier alpha value is -1.65. The number of nitrogens with one attached hydrogen (secondary N) is 1. The van der Waals surface area contributed by atoms with Crippen LogP contribution in [0.4, 0.5) is 13.6 Å². The van der Waals surface area contributed by atoms with Crippen LogP contribution in [0, 0.1) is 11.6 Å². The van der Waals surface area contributed by atoms with Crippen molar-refractivity contribution in [3.63, 3.8) is 0 Å². The second-order valence-corrected chi connectivity index (χ2v) is 5.76. The molecule has 0 radical (unpaired) electrons. The average molecular weight is 269 g/mol. The second-order valence-electron chi connectivity index (χ2n) is 5.76. The molecule has 3 nitrogen and oxygen atoms in total. The Bertz CT molecular complexity index is 497. The maximum Gasteiger partial charge on any atom is 0.407 e. The topological polar surface area (TPSA) is 38.3 Å². The quantitative estimate of drug-likeness (QED) is 0.894. The Balaban J connectivity index is 1.92. The largest absolute Gasteiger partial charge is 0.444 e. The van der Waals surface area contributed by atoms with Crippen LogP contribution < -0.4 is 5.32 Å². The van der Waals surface area contributed by atoms with E-state index in [0.29, 0.717) is 12.0 Å². The van der Waals surface area contributed by atoms with Crippen molar-refractivity contribution in [1.29, 1.82) is 0 Å². The maximum atomic E-state index is 13.5. The predicted octanol–water partition coefficient (Wildman–Crippen LogP) is 3.35. The summed E-state index contributed by atoms with van der Waals surface area (Å²) < 4.78 is 31.5. The summed E-state index contributed by atoms with van der Waals surface area (Å²) in [7, 11) is 0. The Morgan fingerprint density at radius 1 is 1.37 bits per heavy atom. The van der Waals surface area contributed by atoms with Crippen LogP contribution in [0.3, 0.4) is 0 Å². The van der Waals surface area contributed by atoms with Gasteiger partial charge in [0.25, 0.3) is 0 Å². The Kier molecular flexibility index (Phi) is 3.47. The number of hydrogen-bond acceptors (Lipinski definition) is 2. The first-order valence-electron chi connectivity index (χ1n) is 6.21. The molecule has 1 amide bonds. The van der Waals surface area contributed by atoms with Gasteiger partial charge in [-0.05, 0) is 38.8 Å². The lowest BCUT2D eigenvalue weighted by molar-refractivity contribution is 0.0522. The van der Waals surface area contributed by atoms with Gasteiger partial charge in [0.2, 0.25) is 0 Å². The first-order valence-corrected chi connectivity index (χ1v) is 6.21. The van der Waals surface area contributed by atoms with Gasteiger partial charge in [-0.25, -0.2) is 13.6 Å². The number of benzene rings is 1. The fourth-order valence-electron chi connectivity index (χ4n) is 1.96. The summed E-state index contributed by atoms with van der Waals surface area (Å²) in [6.07, 6.45) is 0.129. The highest BCUT2D eigenvalue weighted by Gasteiger charge is 2.41. The van der Waals surface area contributed by atoms with Gasteiger partial charge >= 0.3 is 6.09 Å². The molecule has 5 heteroatoms. The molecule has 104 valence electrons. The van der Waals surface area contributed by atoms with Crippen molar-refractivity contribution < 1.29 is 18.3 Å². The van der Waals surface area contributed by atoms with Crippen LogP contribution >= 0.6 is 0 Å². The van der Waals surface area contributed by atoms with Gasteiger partial charge in [0.1, 0.15) is 17.2 Å². The molecule has 1 aromatic rings. The third-order valence-corrected chi connectivity index (χ3v) is 2.85. The fraction of sp³-hybridized carbons (Fsp3) is 0.500. The van der Waals surface area contributed by atoms with Crippen molar-refractivity contribution in [2.45, 2.75) is 44.8 Å². The molecule has 1 N–H and O–H groups in total. The number of ether oxygens (including phenoxy) is 1. The summed E-state index contributed by atoms with van der Waals surface area (Å²) in [5.74, 6) is -1.27. The molecule has 1 aliphatic carbocycles. The zero-order valence-corrected chi connectivity index (χ0v) is 11.2. The van der Waals surface area contributed by atoms with Gasteiger partial charge in [-0.15, -0.1) is 0 Å². The molecule has 1 fully saturated rings. The minimum absolute atomic E-state index is 0.104. The van der Waals surface area contributed by atoms with E-state index in [9.17, 15) is 13.6 Å². The molecule has 0 heterocycles. The van der Waals surface area contributed by atoms with E-state index in [1.54, 1.807) is 20.8 Å². The summed E-state index contributed by atoms with van der Waals surface area (Å²) in [5, 5.41) is 2.68. The highest BCUT2D eigenvalue weighted by Crippen LogP contribution is 2.42. The summed E-state index contributed by atoms with van der Waals surface area (Å²) in [6.45, 7) is 5.32. The molecule has 1 saturated carbocycles. The summed E-state index contributed by atoms with van der Waals surface area (Å²) in [4.78, 5) is 11.5. The summed E-state index contributed by atoms with van der Waals surface area (Å²) in [5.41, 5.74) is -0.127. The van der Waals surface area contributed by atoms with Gasteiger partial charge in [0.05, 0.1) is 0 Å². The van der Waals surface area contributed by atoms with Gasteiger partial charge in [0, 0.05) is 18.0 Å². The van der Waals surface area contributed by atoms with E-state index in [4.69, 9.17) is 4.74 Å². The zero-order chi connectivity index (χ0) is 14.2.